The molecule has 2 unspecified atom stereocenters. The fraction of sp³-hybridized carbons (Fsp3) is 0.250. The summed E-state index contributed by atoms with van der Waals surface area (Å²) in [5.41, 5.74) is 1.05. The first-order valence-electron chi connectivity index (χ1n) is 3.41. The topological polar surface area (TPSA) is 20.2 Å². The third-order valence-electron chi connectivity index (χ3n) is 1.45. The van der Waals surface area contributed by atoms with E-state index in [9.17, 15) is 5.11 Å². The molecule has 1 rings (SSSR count). The summed E-state index contributed by atoms with van der Waals surface area (Å²) in [4.78, 5) is 0. The first kappa shape index (κ1) is 9.56. The summed E-state index contributed by atoms with van der Waals surface area (Å²) in [5.74, 6) is 0. The fourth-order valence-electron chi connectivity index (χ4n) is 0.866. The third-order valence-corrected chi connectivity index (χ3v) is 4.88. The van der Waals surface area contributed by atoms with Crippen LogP contribution in [0, 0.1) is 0 Å². The van der Waals surface area contributed by atoms with Crippen LogP contribution in [0.15, 0.2) is 30.3 Å². The van der Waals surface area contributed by atoms with Crippen LogP contribution in [0.5, 0.6) is 0 Å². The van der Waals surface area contributed by atoms with Crippen LogP contribution in [0.3, 0.4) is 0 Å². The van der Waals surface area contributed by atoms with Crippen molar-refractivity contribution >= 4 is 32.5 Å². The van der Waals surface area contributed by atoms with Crippen molar-refractivity contribution in [3.8, 4) is 0 Å². The molecule has 1 N–H and O–H groups in total. The van der Waals surface area contributed by atoms with Crippen LogP contribution in [0.1, 0.15) is 11.7 Å². The van der Waals surface area contributed by atoms with Gasteiger partial charge in [-0.25, -0.2) is 0 Å². The first-order valence-corrected chi connectivity index (χ1v) is 11.3. The van der Waals surface area contributed by atoms with Crippen LogP contribution in [0.4, 0.5) is 0 Å². The molecule has 0 spiro atoms. The summed E-state index contributed by atoms with van der Waals surface area (Å²) < 4.78 is 0. The molecule has 0 saturated heterocycles. The summed E-state index contributed by atoms with van der Waals surface area (Å²) in [6.07, 6.45) is -0.229. The molecule has 0 aliphatic rings. The average molecular weight is 324 g/mol. The van der Waals surface area contributed by atoms with Gasteiger partial charge in [0.1, 0.15) is 0 Å². The van der Waals surface area contributed by atoms with Gasteiger partial charge in [-0.3, -0.25) is 0 Å². The molecule has 0 bridgehead atoms. The monoisotopic (exact) mass is 324 g/mol. The molecular formula is C8H10AsIO. The molecule has 2 atom stereocenters. The number of hydrogen-bond donors (Lipinski definition) is 1. The van der Waals surface area contributed by atoms with Crippen LogP contribution >= 0.6 is 20.1 Å². The first-order chi connectivity index (χ1) is 5.34. The zero-order valence-corrected chi connectivity index (χ0v) is 10.3. The minimum atomic E-state index is -0.229. The van der Waals surface area contributed by atoms with Crippen molar-refractivity contribution in [2.45, 2.75) is 11.3 Å². The van der Waals surface area contributed by atoms with Gasteiger partial charge in [0, 0.05) is 0 Å². The standard InChI is InChI=1S/C8H10AsIO/c10-9-6-8(11)7-4-2-1-3-5-7/h1-5,8-9,11H,6H2. The van der Waals surface area contributed by atoms with Gasteiger partial charge >= 0.3 is 84.8 Å². The van der Waals surface area contributed by atoms with Gasteiger partial charge in [-0.1, -0.05) is 0 Å². The number of aliphatic hydroxyl groups excluding tert-OH is 1. The molecule has 0 aliphatic heterocycles. The van der Waals surface area contributed by atoms with E-state index in [1.807, 2.05) is 30.3 Å². The molecule has 0 amide bonds. The summed E-state index contributed by atoms with van der Waals surface area (Å²) in [6.45, 7) is 0. The molecular weight excluding hydrogens is 314 g/mol. The fourth-order valence-corrected chi connectivity index (χ4v) is 3.83. The number of rotatable bonds is 3. The normalized spacial score (nSPS) is 14.0. The third kappa shape index (κ3) is 3.14. The Morgan fingerprint density at radius 2 is 2.00 bits per heavy atom. The number of halogens is 1. The van der Waals surface area contributed by atoms with E-state index in [0.717, 1.165) is 10.8 Å². The van der Waals surface area contributed by atoms with E-state index < -0.39 is 0 Å². The Morgan fingerprint density at radius 3 is 2.55 bits per heavy atom. The van der Waals surface area contributed by atoms with Crippen LogP contribution in [-0.2, 0) is 0 Å². The number of aliphatic hydroxyl groups is 1. The second-order valence-electron chi connectivity index (χ2n) is 2.26. The molecule has 0 saturated carbocycles. The van der Waals surface area contributed by atoms with Crippen LogP contribution in [-0.4, -0.2) is 17.5 Å². The minimum absolute atomic E-state index is 0.0478. The van der Waals surface area contributed by atoms with E-state index in [-0.39, 0.29) is 18.5 Å². The maximum atomic E-state index is 9.55. The molecule has 0 aliphatic carbocycles. The predicted octanol–water partition coefficient (Wildman–Crippen LogP) is 1.92. The van der Waals surface area contributed by atoms with E-state index in [1.54, 1.807) is 0 Å². The maximum absolute atomic E-state index is 9.55. The second kappa shape index (κ2) is 5.17. The van der Waals surface area contributed by atoms with Crippen LogP contribution in [0.2, 0.25) is 5.21 Å². The van der Waals surface area contributed by atoms with Crippen molar-refractivity contribution in [2.75, 3.05) is 0 Å². The zero-order chi connectivity index (χ0) is 8.10. The van der Waals surface area contributed by atoms with Gasteiger partial charge in [0.05, 0.1) is 0 Å². The molecule has 1 aromatic rings. The molecule has 1 nitrogen and oxygen atoms in total. The molecule has 1 aromatic carbocycles. The molecule has 0 heterocycles. The van der Waals surface area contributed by atoms with Crippen LogP contribution in [0.25, 0.3) is 0 Å². The van der Waals surface area contributed by atoms with Gasteiger partial charge in [-0.15, -0.1) is 0 Å². The van der Waals surface area contributed by atoms with Gasteiger partial charge in [0.2, 0.25) is 0 Å². The van der Waals surface area contributed by atoms with Crippen molar-refractivity contribution in [3.05, 3.63) is 35.9 Å². The Labute approximate surface area is 84.4 Å². The van der Waals surface area contributed by atoms with Crippen molar-refractivity contribution in [2.24, 2.45) is 0 Å². The Kier molecular flexibility index (Phi) is 4.49. The molecule has 0 aromatic heterocycles. The summed E-state index contributed by atoms with van der Waals surface area (Å²) in [5, 5.41) is 10.5. The van der Waals surface area contributed by atoms with E-state index >= 15 is 0 Å². The van der Waals surface area contributed by atoms with Gasteiger partial charge in [0.25, 0.3) is 0 Å². The van der Waals surface area contributed by atoms with E-state index in [0.29, 0.717) is 0 Å². The second-order valence-corrected chi connectivity index (χ2v) is 7.65. The Morgan fingerprint density at radius 1 is 1.36 bits per heavy atom. The van der Waals surface area contributed by atoms with Gasteiger partial charge < -0.3 is 0 Å². The quantitative estimate of drug-likeness (QED) is 0.665. The summed E-state index contributed by atoms with van der Waals surface area (Å²) in [6, 6.07) is 9.85. The van der Waals surface area contributed by atoms with E-state index in [2.05, 4.69) is 20.1 Å². The summed E-state index contributed by atoms with van der Waals surface area (Å²) in [7, 11) is 0. The van der Waals surface area contributed by atoms with Gasteiger partial charge in [0.15, 0.2) is 0 Å². The van der Waals surface area contributed by atoms with E-state index in [4.69, 9.17) is 0 Å². The molecule has 0 radical (unpaired) electrons. The molecule has 60 valence electrons. The predicted molar refractivity (Wildman–Crippen MR) is 57.4 cm³/mol. The zero-order valence-electron chi connectivity index (χ0n) is 6.00. The molecule has 0 fully saturated rings. The number of hydrogen-bond acceptors (Lipinski definition) is 1. The Bertz CT molecular complexity index is 203. The van der Waals surface area contributed by atoms with Crippen molar-refractivity contribution < 1.29 is 5.11 Å². The summed E-state index contributed by atoms with van der Waals surface area (Å²) >= 11 is 2.44. The number of benzene rings is 1. The molecule has 11 heavy (non-hydrogen) atoms. The van der Waals surface area contributed by atoms with Gasteiger partial charge in [-0.05, 0) is 0 Å². The molecule has 3 heteroatoms. The van der Waals surface area contributed by atoms with Crippen molar-refractivity contribution in [1.29, 1.82) is 0 Å². The Hall–Kier alpha value is 0.468. The average Bonchev–Trinajstić information content (AvgIpc) is 2.07. The SMILES string of the molecule is OC(C[AsH]I)c1ccccc1. The van der Waals surface area contributed by atoms with Crippen LogP contribution < -0.4 is 0 Å². The Balaban J connectivity index is 2.61. The van der Waals surface area contributed by atoms with Crippen molar-refractivity contribution in [3.63, 3.8) is 0 Å². The van der Waals surface area contributed by atoms with E-state index in [1.165, 1.54) is 0 Å². The van der Waals surface area contributed by atoms with Crippen molar-refractivity contribution in [1.82, 2.24) is 0 Å². The van der Waals surface area contributed by atoms with Gasteiger partial charge in [-0.2, -0.15) is 0 Å².